The number of carbonyl (C=O) groups is 2. The zero-order valence-electron chi connectivity index (χ0n) is 9.91. The second-order valence-corrected chi connectivity index (χ2v) is 5.49. The van der Waals surface area contributed by atoms with Crippen molar-refractivity contribution in [1.29, 1.82) is 0 Å². The van der Waals surface area contributed by atoms with Crippen LogP contribution in [0.4, 0.5) is 0 Å². The summed E-state index contributed by atoms with van der Waals surface area (Å²) in [7, 11) is 0. The quantitative estimate of drug-likeness (QED) is 0.679. The van der Waals surface area contributed by atoms with Gasteiger partial charge in [-0.2, -0.15) is 11.8 Å². The largest absolute Gasteiger partial charge is 0.355 e. The maximum atomic E-state index is 11.7. The molecule has 2 N–H and O–H groups in total. The fourth-order valence-corrected chi connectivity index (χ4v) is 2.44. The fraction of sp³-hybridized carbons (Fsp3) is 0.818. The Bertz CT molecular complexity index is 258. The molecule has 2 amide bonds. The van der Waals surface area contributed by atoms with Crippen LogP contribution in [0.3, 0.4) is 0 Å². The molecule has 2 atom stereocenters. The summed E-state index contributed by atoms with van der Waals surface area (Å²) in [4.78, 5) is 22.7. The van der Waals surface area contributed by atoms with Crippen molar-refractivity contribution >= 4 is 23.6 Å². The summed E-state index contributed by atoms with van der Waals surface area (Å²) >= 11 is 1.88. The predicted octanol–water partition coefficient (Wildman–Crippen LogP) is 0.770. The summed E-state index contributed by atoms with van der Waals surface area (Å²) in [6.07, 6.45) is 1.32. The number of nitrogens with one attached hydrogen (secondary N) is 2. The number of hydrogen-bond acceptors (Lipinski definition) is 3. The third-order valence-corrected chi connectivity index (χ3v) is 3.57. The van der Waals surface area contributed by atoms with Crippen molar-refractivity contribution < 1.29 is 9.59 Å². The van der Waals surface area contributed by atoms with Gasteiger partial charge in [-0.25, -0.2) is 0 Å². The molecule has 1 aliphatic heterocycles. The third-order valence-electron chi connectivity index (χ3n) is 2.64. The van der Waals surface area contributed by atoms with Crippen molar-refractivity contribution in [3.63, 3.8) is 0 Å². The minimum Gasteiger partial charge on any atom is -0.355 e. The molecule has 1 heterocycles. The Kier molecular flexibility index (Phi) is 5.66. The van der Waals surface area contributed by atoms with Crippen LogP contribution in [0.25, 0.3) is 0 Å². The van der Waals surface area contributed by atoms with Crippen molar-refractivity contribution in [1.82, 2.24) is 10.6 Å². The normalized spacial score (nSPS) is 21.6. The highest BCUT2D eigenvalue weighted by atomic mass is 32.2. The molecule has 0 spiro atoms. The van der Waals surface area contributed by atoms with Crippen LogP contribution in [0.15, 0.2) is 0 Å². The van der Waals surface area contributed by atoms with Gasteiger partial charge in [0.25, 0.3) is 0 Å². The van der Waals surface area contributed by atoms with Gasteiger partial charge in [0.2, 0.25) is 11.8 Å². The molecule has 1 fully saturated rings. The van der Waals surface area contributed by atoms with E-state index in [1.807, 2.05) is 18.7 Å². The molecule has 0 radical (unpaired) electrons. The number of rotatable bonds is 6. The van der Waals surface area contributed by atoms with Gasteiger partial charge in [0, 0.05) is 19.0 Å². The lowest BCUT2D eigenvalue weighted by atomic mass is 10.1. The van der Waals surface area contributed by atoms with Gasteiger partial charge in [0.05, 0.1) is 5.92 Å². The van der Waals surface area contributed by atoms with Crippen molar-refractivity contribution in [3.8, 4) is 0 Å². The van der Waals surface area contributed by atoms with Crippen LogP contribution in [-0.4, -0.2) is 35.9 Å². The molecule has 1 rings (SSSR count). The second-order valence-electron chi connectivity index (χ2n) is 4.10. The van der Waals surface area contributed by atoms with E-state index in [0.29, 0.717) is 13.0 Å². The zero-order valence-corrected chi connectivity index (χ0v) is 10.7. The molecule has 0 bridgehead atoms. The molecule has 0 saturated carbocycles. The van der Waals surface area contributed by atoms with Gasteiger partial charge in [-0.15, -0.1) is 0 Å². The van der Waals surface area contributed by atoms with Crippen LogP contribution in [0, 0.1) is 5.92 Å². The Balaban J connectivity index is 2.20. The maximum Gasteiger partial charge on any atom is 0.225 e. The topological polar surface area (TPSA) is 58.2 Å². The zero-order chi connectivity index (χ0) is 12.0. The van der Waals surface area contributed by atoms with Gasteiger partial charge < -0.3 is 10.6 Å². The molecule has 0 aromatic rings. The number of amides is 2. The van der Waals surface area contributed by atoms with Crippen molar-refractivity contribution in [2.24, 2.45) is 5.92 Å². The first kappa shape index (κ1) is 13.4. The van der Waals surface area contributed by atoms with Gasteiger partial charge in [-0.05, 0) is 24.9 Å². The summed E-state index contributed by atoms with van der Waals surface area (Å²) < 4.78 is 0. The highest BCUT2D eigenvalue weighted by Crippen LogP contribution is 2.10. The van der Waals surface area contributed by atoms with E-state index in [0.717, 1.165) is 17.9 Å². The lowest BCUT2D eigenvalue weighted by Gasteiger charge is -2.15. The Hall–Kier alpha value is -0.710. The van der Waals surface area contributed by atoms with E-state index >= 15 is 0 Å². The first-order chi connectivity index (χ1) is 7.63. The van der Waals surface area contributed by atoms with Crippen molar-refractivity contribution in [2.45, 2.75) is 32.7 Å². The molecule has 5 heteroatoms. The SMILES string of the molecule is CCSCCC(C)NC(=O)C1CNC(=O)C1. The summed E-state index contributed by atoms with van der Waals surface area (Å²) in [5, 5.41) is 5.63. The molecule has 92 valence electrons. The fourth-order valence-electron chi connectivity index (χ4n) is 1.63. The molecule has 0 aromatic heterocycles. The molecule has 0 aromatic carbocycles. The standard InChI is InChI=1S/C11H20N2O2S/c1-3-16-5-4-8(2)13-11(15)9-6-10(14)12-7-9/h8-9H,3-7H2,1-2H3,(H,12,14)(H,13,15). The highest BCUT2D eigenvalue weighted by Gasteiger charge is 2.28. The Morgan fingerprint density at radius 3 is 3.00 bits per heavy atom. The van der Waals surface area contributed by atoms with E-state index in [1.165, 1.54) is 0 Å². The van der Waals surface area contributed by atoms with Gasteiger partial charge >= 0.3 is 0 Å². The van der Waals surface area contributed by atoms with E-state index in [9.17, 15) is 9.59 Å². The van der Waals surface area contributed by atoms with Crippen LogP contribution < -0.4 is 10.6 Å². The summed E-state index contributed by atoms with van der Waals surface area (Å²) in [6, 6.07) is 0.197. The molecule has 0 aliphatic carbocycles. The van der Waals surface area contributed by atoms with Crippen LogP contribution in [0.2, 0.25) is 0 Å². The number of hydrogen-bond donors (Lipinski definition) is 2. The molecular weight excluding hydrogens is 224 g/mol. The van der Waals surface area contributed by atoms with Gasteiger partial charge in [-0.3, -0.25) is 9.59 Å². The minimum atomic E-state index is -0.172. The van der Waals surface area contributed by atoms with E-state index < -0.39 is 0 Å². The lowest BCUT2D eigenvalue weighted by molar-refractivity contribution is -0.127. The maximum absolute atomic E-state index is 11.7. The molecule has 1 saturated heterocycles. The van der Waals surface area contributed by atoms with E-state index in [1.54, 1.807) is 0 Å². The Morgan fingerprint density at radius 2 is 2.44 bits per heavy atom. The van der Waals surface area contributed by atoms with Crippen LogP contribution in [-0.2, 0) is 9.59 Å². The Morgan fingerprint density at radius 1 is 1.69 bits per heavy atom. The van der Waals surface area contributed by atoms with E-state index in [4.69, 9.17) is 0 Å². The average molecular weight is 244 g/mol. The molecule has 16 heavy (non-hydrogen) atoms. The van der Waals surface area contributed by atoms with Crippen LogP contribution >= 0.6 is 11.8 Å². The molecule has 1 aliphatic rings. The van der Waals surface area contributed by atoms with Gasteiger partial charge in [0.1, 0.15) is 0 Å². The van der Waals surface area contributed by atoms with Gasteiger partial charge in [-0.1, -0.05) is 6.92 Å². The van der Waals surface area contributed by atoms with Crippen molar-refractivity contribution in [2.75, 3.05) is 18.1 Å². The smallest absolute Gasteiger partial charge is 0.225 e. The average Bonchev–Trinajstić information content (AvgIpc) is 2.65. The summed E-state index contributed by atoms with van der Waals surface area (Å²) in [5.74, 6) is 2.00. The monoisotopic (exact) mass is 244 g/mol. The van der Waals surface area contributed by atoms with Crippen molar-refractivity contribution in [3.05, 3.63) is 0 Å². The highest BCUT2D eigenvalue weighted by molar-refractivity contribution is 7.99. The molecule has 4 nitrogen and oxygen atoms in total. The number of carbonyl (C=O) groups excluding carboxylic acids is 2. The summed E-state index contributed by atoms with van der Waals surface area (Å²) in [6.45, 7) is 4.63. The van der Waals surface area contributed by atoms with Crippen LogP contribution in [0.5, 0.6) is 0 Å². The molecular formula is C11H20N2O2S. The van der Waals surface area contributed by atoms with E-state index in [2.05, 4.69) is 17.6 Å². The first-order valence-electron chi connectivity index (χ1n) is 5.78. The predicted molar refractivity (Wildman–Crippen MR) is 66.3 cm³/mol. The van der Waals surface area contributed by atoms with Crippen LogP contribution in [0.1, 0.15) is 26.7 Å². The second kappa shape index (κ2) is 6.78. The first-order valence-corrected chi connectivity index (χ1v) is 6.93. The Labute approximate surface area is 101 Å². The third kappa shape index (κ3) is 4.43. The summed E-state index contributed by atoms with van der Waals surface area (Å²) in [5.41, 5.74) is 0. The molecule has 2 unspecified atom stereocenters. The van der Waals surface area contributed by atoms with E-state index in [-0.39, 0.29) is 23.8 Å². The number of thioether (sulfide) groups is 1. The lowest BCUT2D eigenvalue weighted by Crippen LogP contribution is -2.38. The minimum absolute atomic E-state index is 0.00680. The van der Waals surface area contributed by atoms with Gasteiger partial charge in [0.15, 0.2) is 0 Å².